The summed E-state index contributed by atoms with van der Waals surface area (Å²) in [5, 5.41) is 11.8. The summed E-state index contributed by atoms with van der Waals surface area (Å²) in [6, 6.07) is 2.29. The Bertz CT molecular complexity index is 1450. The Morgan fingerprint density at radius 2 is 1.93 bits per heavy atom. The lowest BCUT2D eigenvalue weighted by Crippen LogP contribution is -2.63. The van der Waals surface area contributed by atoms with Crippen molar-refractivity contribution in [2.24, 2.45) is 0 Å². The van der Waals surface area contributed by atoms with Crippen molar-refractivity contribution in [2.75, 3.05) is 31.6 Å². The van der Waals surface area contributed by atoms with E-state index in [9.17, 15) is 23.2 Å². The number of hydrogen-bond donors (Lipinski definition) is 2. The number of aliphatic hydroxyl groups is 1. The van der Waals surface area contributed by atoms with Crippen molar-refractivity contribution in [3.63, 3.8) is 0 Å². The first-order valence-corrected chi connectivity index (χ1v) is 12.5. The van der Waals surface area contributed by atoms with Crippen LogP contribution in [-0.2, 0) is 11.3 Å². The fourth-order valence-electron chi connectivity index (χ4n) is 4.37. The molecule has 0 aliphatic carbocycles. The molecule has 1 aliphatic rings. The molecule has 212 valence electrons. The molecule has 0 bridgehead atoms. The number of ether oxygens (including phenoxy) is 1. The maximum atomic E-state index is 13.8. The minimum absolute atomic E-state index is 0.0413. The third-order valence-corrected chi connectivity index (χ3v) is 6.53. The summed E-state index contributed by atoms with van der Waals surface area (Å²) in [7, 11) is 0. The number of halogens is 2. The minimum atomic E-state index is -0.889. The average Bonchev–Trinajstić information content (AvgIpc) is 2.91. The van der Waals surface area contributed by atoms with Crippen LogP contribution in [0.4, 0.5) is 14.6 Å². The maximum absolute atomic E-state index is 13.8. The van der Waals surface area contributed by atoms with Gasteiger partial charge in [0.1, 0.15) is 11.5 Å². The fraction of sp³-hybridized carbons (Fsp3) is 0.385. The highest BCUT2D eigenvalue weighted by atomic mass is 19.1. The van der Waals surface area contributed by atoms with Crippen molar-refractivity contribution >= 4 is 17.6 Å². The van der Waals surface area contributed by atoms with Gasteiger partial charge in [-0.05, 0) is 32.9 Å². The van der Waals surface area contributed by atoms with E-state index in [4.69, 9.17) is 9.84 Å². The lowest BCUT2D eigenvalue weighted by Gasteiger charge is -2.48. The van der Waals surface area contributed by atoms with E-state index >= 15 is 0 Å². The number of nitrogens with one attached hydrogen (secondary N) is 1. The lowest BCUT2D eigenvalue weighted by molar-refractivity contribution is -0.122. The van der Waals surface area contributed by atoms with E-state index in [0.717, 1.165) is 18.3 Å². The van der Waals surface area contributed by atoms with Crippen molar-refractivity contribution in [2.45, 2.75) is 38.9 Å². The average molecular weight is 558 g/mol. The molecule has 2 aromatic heterocycles. The van der Waals surface area contributed by atoms with Gasteiger partial charge in [-0.3, -0.25) is 19.3 Å². The van der Waals surface area contributed by atoms with E-state index in [1.807, 2.05) is 18.7 Å². The molecular formula is C26H29F2N7O5. The molecular weight excluding hydrogens is 528 g/mol. The van der Waals surface area contributed by atoms with Crippen molar-refractivity contribution in [1.29, 1.82) is 0 Å². The van der Waals surface area contributed by atoms with Crippen molar-refractivity contribution in [3.8, 4) is 11.6 Å². The SMILES string of the molecule is C[C@@H](C(=O)Nc1cnc(Oc2ccc(F)cc2F)cn1)N1CCN(C(=O)c2cn(CCO)c(=O)cn2)C(C)(C)C1. The van der Waals surface area contributed by atoms with Gasteiger partial charge in [0.25, 0.3) is 11.5 Å². The first kappa shape index (κ1) is 28.7. The Balaban J connectivity index is 1.36. The second kappa shape index (κ2) is 11.8. The van der Waals surface area contributed by atoms with E-state index in [-0.39, 0.29) is 48.1 Å². The predicted octanol–water partition coefficient (Wildman–Crippen LogP) is 1.66. The highest BCUT2D eigenvalue weighted by Crippen LogP contribution is 2.25. The van der Waals surface area contributed by atoms with Gasteiger partial charge in [0.2, 0.25) is 11.8 Å². The number of anilines is 1. The van der Waals surface area contributed by atoms with E-state index in [2.05, 4.69) is 20.3 Å². The van der Waals surface area contributed by atoms with Gasteiger partial charge in [0, 0.05) is 38.4 Å². The van der Waals surface area contributed by atoms with Crippen LogP contribution in [0.1, 0.15) is 31.3 Å². The van der Waals surface area contributed by atoms with Gasteiger partial charge in [-0.2, -0.15) is 0 Å². The number of hydrogen-bond acceptors (Lipinski definition) is 9. The number of benzene rings is 1. The molecule has 14 heteroatoms. The van der Waals surface area contributed by atoms with Crippen LogP contribution in [0, 0.1) is 11.6 Å². The second-order valence-electron chi connectivity index (χ2n) is 9.85. The summed E-state index contributed by atoms with van der Waals surface area (Å²) in [6.45, 7) is 6.39. The predicted molar refractivity (Wildman–Crippen MR) is 139 cm³/mol. The van der Waals surface area contributed by atoms with Crippen LogP contribution in [0.25, 0.3) is 0 Å². The Morgan fingerprint density at radius 3 is 2.58 bits per heavy atom. The van der Waals surface area contributed by atoms with Crippen LogP contribution in [0.2, 0.25) is 0 Å². The van der Waals surface area contributed by atoms with Crippen molar-refractivity contribution in [1.82, 2.24) is 29.3 Å². The van der Waals surface area contributed by atoms with Gasteiger partial charge in [-0.15, -0.1) is 0 Å². The molecule has 1 aliphatic heterocycles. The molecule has 1 fully saturated rings. The largest absolute Gasteiger partial charge is 0.434 e. The Hall–Kier alpha value is -4.30. The molecule has 40 heavy (non-hydrogen) atoms. The van der Waals surface area contributed by atoms with Crippen molar-refractivity contribution < 1.29 is 28.2 Å². The number of rotatable bonds is 8. The van der Waals surface area contributed by atoms with Gasteiger partial charge >= 0.3 is 0 Å². The number of aromatic nitrogens is 4. The zero-order chi connectivity index (χ0) is 29.0. The Morgan fingerprint density at radius 1 is 1.15 bits per heavy atom. The van der Waals surface area contributed by atoms with Crippen LogP contribution < -0.4 is 15.6 Å². The summed E-state index contributed by atoms with van der Waals surface area (Å²) >= 11 is 0. The molecule has 12 nitrogen and oxygen atoms in total. The summed E-state index contributed by atoms with van der Waals surface area (Å²) < 4.78 is 33.4. The highest BCUT2D eigenvalue weighted by molar-refractivity contribution is 5.94. The quantitative estimate of drug-likeness (QED) is 0.423. The second-order valence-corrected chi connectivity index (χ2v) is 9.85. The molecule has 1 saturated heterocycles. The van der Waals surface area contributed by atoms with E-state index in [1.165, 1.54) is 23.2 Å². The first-order valence-electron chi connectivity index (χ1n) is 12.5. The fourth-order valence-corrected chi connectivity index (χ4v) is 4.37. The number of carbonyl (C=O) groups is 2. The van der Waals surface area contributed by atoms with Gasteiger partial charge in [0.05, 0.1) is 36.8 Å². The molecule has 4 rings (SSSR count). The first-order chi connectivity index (χ1) is 19.0. The van der Waals surface area contributed by atoms with Crippen LogP contribution in [-0.4, -0.2) is 84.1 Å². The van der Waals surface area contributed by atoms with Crippen molar-refractivity contribution in [3.05, 3.63) is 70.7 Å². The van der Waals surface area contributed by atoms with Crippen LogP contribution >= 0.6 is 0 Å². The van der Waals surface area contributed by atoms with Crippen LogP contribution in [0.5, 0.6) is 11.6 Å². The summed E-state index contributed by atoms with van der Waals surface area (Å²) in [4.78, 5) is 53.8. The zero-order valence-electron chi connectivity index (χ0n) is 22.2. The molecule has 1 aromatic carbocycles. The van der Waals surface area contributed by atoms with E-state index in [0.29, 0.717) is 25.7 Å². The molecule has 3 aromatic rings. The Kier molecular flexibility index (Phi) is 8.49. The zero-order valence-corrected chi connectivity index (χ0v) is 22.2. The topological polar surface area (TPSA) is 143 Å². The van der Waals surface area contributed by atoms with Gasteiger partial charge < -0.3 is 24.6 Å². The van der Waals surface area contributed by atoms with E-state index < -0.39 is 28.8 Å². The van der Waals surface area contributed by atoms with E-state index in [1.54, 1.807) is 11.8 Å². The summed E-state index contributed by atoms with van der Waals surface area (Å²) in [5.41, 5.74) is -0.991. The van der Waals surface area contributed by atoms with Crippen LogP contribution in [0.3, 0.4) is 0 Å². The normalized spacial score (nSPS) is 15.9. The van der Waals surface area contributed by atoms with Gasteiger partial charge in [-0.1, -0.05) is 0 Å². The molecule has 1 atom stereocenters. The number of carbonyl (C=O) groups excluding carboxylic acids is 2. The maximum Gasteiger partial charge on any atom is 0.274 e. The third-order valence-electron chi connectivity index (χ3n) is 6.53. The molecule has 0 saturated carbocycles. The standard InChI is InChI=1S/C26H29F2N7O5/c1-16(24(38)32-21-11-31-22(12-30-21)40-20-5-4-17(27)10-18(20)28)34-6-7-35(26(2,3)15-34)25(39)19-14-33(8-9-36)23(37)13-29-19/h4-5,10-14,16,36H,6-9,15H2,1-3H3,(H,30,32,38)/t16-/m0/s1. The minimum Gasteiger partial charge on any atom is -0.434 e. The molecule has 2 amide bonds. The van der Waals surface area contributed by atoms with Crippen LogP contribution in [0.15, 0.2) is 47.8 Å². The molecule has 3 heterocycles. The number of nitrogens with zero attached hydrogens (tertiary/aromatic N) is 6. The smallest absolute Gasteiger partial charge is 0.274 e. The monoisotopic (exact) mass is 557 g/mol. The Labute approximate surface area is 228 Å². The molecule has 2 N–H and O–H groups in total. The third kappa shape index (κ3) is 6.46. The number of aliphatic hydroxyl groups excluding tert-OH is 1. The van der Waals surface area contributed by atoms with Gasteiger partial charge in [-0.25, -0.2) is 23.7 Å². The number of amides is 2. The summed E-state index contributed by atoms with van der Waals surface area (Å²) in [5.74, 6) is -2.43. The number of piperazine rings is 1. The highest BCUT2D eigenvalue weighted by Gasteiger charge is 2.40. The lowest BCUT2D eigenvalue weighted by atomic mass is 9.97. The molecule has 0 unspecified atom stereocenters. The molecule has 0 spiro atoms. The van der Waals surface area contributed by atoms with Gasteiger partial charge in [0.15, 0.2) is 17.4 Å². The molecule has 0 radical (unpaired) electrons. The summed E-state index contributed by atoms with van der Waals surface area (Å²) in [6.07, 6.45) is 4.85.